The number of hydrogen-bond acceptors (Lipinski definition) is 5. The van der Waals surface area contributed by atoms with Crippen molar-refractivity contribution < 1.29 is 19.1 Å². The molecule has 0 spiro atoms. The average Bonchev–Trinajstić information content (AvgIpc) is 3.13. The first-order valence-corrected chi connectivity index (χ1v) is 12.3. The number of hydrogen-bond donors (Lipinski definition) is 1. The fraction of sp³-hybridized carbons (Fsp3) is 0.276. The van der Waals surface area contributed by atoms with E-state index in [1.165, 1.54) is 12.1 Å². The van der Waals surface area contributed by atoms with E-state index in [9.17, 15) is 14.9 Å². The number of amides is 1. The third-order valence-corrected chi connectivity index (χ3v) is 5.94. The number of anilines is 1. The standard InChI is InChI=1S/C29H30ClN3O4/c1-19(2)12-13-33-20(3)14-22(21(33)4)15-23(17-31)29(35)36-18-28(34)32-26-16-24(30)10-11-27(26)37-25-8-6-5-7-9-25/h5-11,14-16,19H,12-13,18H2,1-4H3,(H,32,34)/b23-15+. The monoisotopic (exact) mass is 519 g/mol. The Bertz CT molecular complexity index is 1340. The third kappa shape index (κ3) is 7.73. The van der Waals surface area contributed by atoms with Gasteiger partial charge in [0.2, 0.25) is 0 Å². The number of nitrogens with zero attached hydrogens (tertiary/aromatic N) is 2. The molecule has 1 N–H and O–H groups in total. The molecule has 0 aliphatic rings. The number of para-hydroxylation sites is 1. The van der Waals surface area contributed by atoms with E-state index in [0.29, 0.717) is 28.1 Å². The molecular formula is C29H30ClN3O4. The smallest absolute Gasteiger partial charge is 0.349 e. The van der Waals surface area contributed by atoms with Crippen LogP contribution in [0.25, 0.3) is 6.08 Å². The van der Waals surface area contributed by atoms with Gasteiger partial charge in [-0.3, -0.25) is 4.79 Å². The van der Waals surface area contributed by atoms with E-state index in [1.807, 2.05) is 44.2 Å². The molecule has 3 rings (SSSR count). The Morgan fingerprint density at radius 3 is 2.54 bits per heavy atom. The molecule has 192 valence electrons. The van der Waals surface area contributed by atoms with Gasteiger partial charge in [-0.05, 0) is 74.2 Å². The van der Waals surface area contributed by atoms with Crippen molar-refractivity contribution in [2.45, 2.75) is 40.7 Å². The van der Waals surface area contributed by atoms with Crippen molar-refractivity contribution in [2.75, 3.05) is 11.9 Å². The van der Waals surface area contributed by atoms with E-state index in [0.717, 1.165) is 29.9 Å². The van der Waals surface area contributed by atoms with Gasteiger partial charge in [0.15, 0.2) is 12.4 Å². The summed E-state index contributed by atoms with van der Waals surface area (Å²) in [6, 6.07) is 17.7. The highest BCUT2D eigenvalue weighted by Gasteiger charge is 2.17. The van der Waals surface area contributed by atoms with Crippen LogP contribution in [0.4, 0.5) is 5.69 Å². The predicted molar refractivity (Wildman–Crippen MR) is 145 cm³/mol. The number of ether oxygens (including phenoxy) is 2. The van der Waals surface area contributed by atoms with Crippen LogP contribution in [0.3, 0.4) is 0 Å². The van der Waals surface area contributed by atoms with E-state index in [1.54, 1.807) is 24.3 Å². The van der Waals surface area contributed by atoms with Crippen molar-refractivity contribution in [3.63, 3.8) is 0 Å². The summed E-state index contributed by atoms with van der Waals surface area (Å²) >= 11 is 6.09. The van der Waals surface area contributed by atoms with Crippen molar-refractivity contribution in [1.82, 2.24) is 4.57 Å². The van der Waals surface area contributed by atoms with Crippen LogP contribution in [0.15, 0.2) is 60.2 Å². The first kappa shape index (κ1) is 27.6. The van der Waals surface area contributed by atoms with E-state index >= 15 is 0 Å². The molecule has 0 bridgehead atoms. The minimum atomic E-state index is -0.878. The van der Waals surface area contributed by atoms with Crippen molar-refractivity contribution in [3.05, 3.63) is 82.1 Å². The second kappa shape index (κ2) is 12.8. The topological polar surface area (TPSA) is 93.3 Å². The summed E-state index contributed by atoms with van der Waals surface area (Å²) in [7, 11) is 0. The minimum Gasteiger partial charge on any atom is -0.455 e. The van der Waals surface area contributed by atoms with E-state index in [-0.39, 0.29) is 5.57 Å². The number of halogens is 1. The molecule has 3 aromatic rings. The lowest BCUT2D eigenvalue weighted by atomic mass is 10.1. The third-order valence-electron chi connectivity index (χ3n) is 5.70. The zero-order valence-corrected chi connectivity index (χ0v) is 22.1. The van der Waals surface area contributed by atoms with Gasteiger partial charge in [0.1, 0.15) is 17.4 Å². The molecule has 0 radical (unpaired) electrons. The highest BCUT2D eigenvalue weighted by molar-refractivity contribution is 6.31. The minimum absolute atomic E-state index is 0.187. The molecule has 8 heteroatoms. The van der Waals surface area contributed by atoms with Crippen LogP contribution >= 0.6 is 11.6 Å². The Morgan fingerprint density at radius 1 is 1.14 bits per heavy atom. The number of rotatable bonds is 10. The van der Waals surface area contributed by atoms with Crippen LogP contribution in [-0.4, -0.2) is 23.1 Å². The van der Waals surface area contributed by atoms with Gasteiger partial charge in [0.25, 0.3) is 5.91 Å². The number of carbonyl (C=O) groups excluding carboxylic acids is 2. The van der Waals surface area contributed by atoms with Crippen LogP contribution < -0.4 is 10.1 Å². The summed E-state index contributed by atoms with van der Waals surface area (Å²) < 4.78 is 13.1. The Kier molecular flexibility index (Phi) is 9.53. The molecule has 0 saturated heterocycles. The Labute approximate surface area is 222 Å². The van der Waals surface area contributed by atoms with Crippen LogP contribution in [0.2, 0.25) is 5.02 Å². The number of aromatic nitrogens is 1. The summed E-state index contributed by atoms with van der Waals surface area (Å²) in [6.45, 7) is 8.55. The fourth-order valence-electron chi connectivity index (χ4n) is 3.70. The maximum Gasteiger partial charge on any atom is 0.349 e. The largest absolute Gasteiger partial charge is 0.455 e. The summed E-state index contributed by atoms with van der Waals surface area (Å²) in [5.41, 5.74) is 2.91. The lowest BCUT2D eigenvalue weighted by Gasteiger charge is -2.13. The Balaban J connectivity index is 1.66. The second-order valence-corrected chi connectivity index (χ2v) is 9.45. The van der Waals surface area contributed by atoms with Crippen LogP contribution in [0.1, 0.15) is 37.2 Å². The number of esters is 1. The van der Waals surface area contributed by atoms with E-state index in [4.69, 9.17) is 21.1 Å². The number of nitrogens with one attached hydrogen (secondary N) is 1. The average molecular weight is 520 g/mol. The maximum absolute atomic E-state index is 12.6. The Hall–Kier alpha value is -4.02. The number of aryl methyl sites for hydroxylation is 1. The zero-order valence-electron chi connectivity index (χ0n) is 21.4. The highest BCUT2D eigenvalue weighted by atomic mass is 35.5. The number of nitriles is 1. The van der Waals surface area contributed by atoms with Gasteiger partial charge in [-0.1, -0.05) is 43.6 Å². The molecule has 0 unspecified atom stereocenters. The van der Waals surface area contributed by atoms with Gasteiger partial charge in [0.05, 0.1) is 5.69 Å². The quantitative estimate of drug-likeness (QED) is 0.183. The molecule has 0 aliphatic carbocycles. The van der Waals surface area contributed by atoms with Crippen molar-refractivity contribution in [3.8, 4) is 17.6 Å². The summed E-state index contributed by atoms with van der Waals surface area (Å²) in [5, 5.41) is 12.6. The summed E-state index contributed by atoms with van der Waals surface area (Å²) in [6.07, 6.45) is 2.52. The molecule has 1 heterocycles. The lowest BCUT2D eigenvalue weighted by molar-refractivity contribution is -0.142. The van der Waals surface area contributed by atoms with Gasteiger partial charge in [-0.15, -0.1) is 0 Å². The van der Waals surface area contributed by atoms with Gasteiger partial charge < -0.3 is 19.4 Å². The van der Waals surface area contributed by atoms with E-state index in [2.05, 4.69) is 23.7 Å². The summed E-state index contributed by atoms with van der Waals surface area (Å²) in [5.74, 6) is 0.0397. The molecule has 0 atom stereocenters. The van der Waals surface area contributed by atoms with Gasteiger partial charge in [-0.2, -0.15) is 5.26 Å². The fourth-order valence-corrected chi connectivity index (χ4v) is 3.87. The zero-order chi connectivity index (χ0) is 26.9. The molecule has 0 fully saturated rings. The molecular weight excluding hydrogens is 490 g/mol. The molecule has 37 heavy (non-hydrogen) atoms. The van der Waals surface area contributed by atoms with Gasteiger partial charge >= 0.3 is 5.97 Å². The molecule has 2 aromatic carbocycles. The lowest BCUT2D eigenvalue weighted by Crippen LogP contribution is -2.21. The van der Waals surface area contributed by atoms with Crippen molar-refractivity contribution in [1.29, 1.82) is 5.26 Å². The SMILES string of the molecule is Cc1cc(/C=C(\C#N)C(=O)OCC(=O)Nc2cc(Cl)ccc2Oc2ccccc2)c(C)n1CCC(C)C. The molecule has 0 aliphatic heterocycles. The van der Waals surface area contributed by atoms with Crippen molar-refractivity contribution in [2.24, 2.45) is 5.92 Å². The Morgan fingerprint density at radius 2 is 1.86 bits per heavy atom. The first-order valence-electron chi connectivity index (χ1n) is 12.0. The van der Waals surface area contributed by atoms with Crippen LogP contribution in [0, 0.1) is 31.1 Å². The maximum atomic E-state index is 12.6. The van der Waals surface area contributed by atoms with E-state index < -0.39 is 18.5 Å². The van der Waals surface area contributed by atoms with Crippen molar-refractivity contribution >= 4 is 35.2 Å². The van der Waals surface area contributed by atoms with Gasteiger partial charge in [0, 0.05) is 23.0 Å². The normalized spacial score (nSPS) is 11.2. The predicted octanol–water partition coefficient (Wildman–Crippen LogP) is 6.69. The molecule has 1 amide bonds. The van der Waals surface area contributed by atoms with Crippen LogP contribution in [0.5, 0.6) is 11.5 Å². The van der Waals surface area contributed by atoms with Gasteiger partial charge in [-0.25, -0.2) is 4.79 Å². The number of carbonyl (C=O) groups is 2. The summed E-state index contributed by atoms with van der Waals surface area (Å²) in [4.78, 5) is 25.1. The molecule has 7 nitrogen and oxygen atoms in total. The second-order valence-electron chi connectivity index (χ2n) is 9.01. The highest BCUT2D eigenvalue weighted by Crippen LogP contribution is 2.32. The molecule has 1 aromatic heterocycles. The molecule has 0 saturated carbocycles. The number of benzene rings is 2. The van der Waals surface area contributed by atoms with Crippen LogP contribution in [-0.2, 0) is 20.9 Å². The first-order chi connectivity index (χ1) is 17.7.